The van der Waals surface area contributed by atoms with E-state index in [0.717, 1.165) is 11.5 Å². The third kappa shape index (κ3) is 4.45. The Bertz CT molecular complexity index is 1100. The van der Waals surface area contributed by atoms with Crippen LogP contribution >= 0.6 is 0 Å². The molecule has 30 heavy (non-hydrogen) atoms. The summed E-state index contributed by atoms with van der Waals surface area (Å²) in [6.07, 6.45) is 0. The fourth-order valence-corrected chi connectivity index (χ4v) is 3.39. The van der Waals surface area contributed by atoms with Gasteiger partial charge in [-0.3, -0.25) is 0 Å². The summed E-state index contributed by atoms with van der Waals surface area (Å²) in [5, 5.41) is 0. The summed E-state index contributed by atoms with van der Waals surface area (Å²) in [5.41, 5.74) is 3.72. The fourth-order valence-electron chi connectivity index (χ4n) is 3.39. The molecule has 1 atom stereocenters. The highest BCUT2D eigenvalue weighted by molar-refractivity contribution is 5.64. The number of benzene rings is 3. The van der Waals surface area contributed by atoms with Crippen LogP contribution in [0.5, 0.6) is 11.5 Å². The van der Waals surface area contributed by atoms with Crippen LogP contribution in [0, 0.1) is 0 Å². The Balaban J connectivity index is 1.78. The van der Waals surface area contributed by atoms with Gasteiger partial charge in [0.1, 0.15) is 28.9 Å². The Morgan fingerprint density at radius 3 is 2.17 bits per heavy atom. The standard InChI is InChI=1S/C26H26N2O2/c1-19-16-29-24-13-6-4-11-22(24)27-18-28-23-12-5-7-14-25(23)30-17-26(2,3)21-10-8-9-20(19)15-21/h4-15,19H,16-17H2,1-3H3. The zero-order valence-electron chi connectivity index (χ0n) is 17.6. The maximum absolute atomic E-state index is 6.20. The summed E-state index contributed by atoms with van der Waals surface area (Å²) in [4.78, 5) is 8.80. The van der Waals surface area contributed by atoms with E-state index in [1.165, 1.54) is 11.1 Å². The van der Waals surface area contributed by atoms with Gasteiger partial charge in [0.2, 0.25) is 0 Å². The summed E-state index contributed by atoms with van der Waals surface area (Å²) in [7, 11) is 0. The van der Waals surface area contributed by atoms with Crippen molar-refractivity contribution < 1.29 is 9.47 Å². The summed E-state index contributed by atoms with van der Waals surface area (Å²) in [5.74, 6) is 1.68. The van der Waals surface area contributed by atoms with Crippen molar-refractivity contribution in [3.63, 3.8) is 0 Å². The lowest BCUT2D eigenvalue weighted by molar-refractivity contribution is 0.241. The zero-order chi connectivity index (χ0) is 21.0. The number of hydrogen-bond acceptors (Lipinski definition) is 4. The van der Waals surface area contributed by atoms with E-state index in [9.17, 15) is 0 Å². The molecule has 1 heterocycles. The van der Waals surface area contributed by atoms with Crippen LogP contribution in [0.25, 0.3) is 0 Å². The molecule has 152 valence electrons. The topological polar surface area (TPSA) is 43.2 Å². The van der Waals surface area contributed by atoms with Crippen molar-refractivity contribution >= 4 is 17.4 Å². The molecule has 0 saturated carbocycles. The summed E-state index contributed by atoms with van der Waals surface area (Å²) in [6.45, 7) is 7.66. The zero-order valence-corrected chi connectivity index (χ0v) is 17.6. The third-order valence-corrected chi connectivity index (χ3v) is 5.39. The number of hydrogen-bond donors (Lipinski definition) is 0. The molecule has 0 spiro atoms. The lowest BCUT2D eigenvalue weighted by Gasteiger charge is -2.27. The number of nitrogens with zero attached hydrogens (tertiary/aromatic N) is 2. The van der Waals surface area contributed by atoms with Crippen molar-refractivity contribution in [2.24, 2.45) is 9.98 Å². The predicted octanol–water partition coefficient (Wildman–Crippen LogP) is 6.68. The van der Waals surface area contributed by atoms with E-state index < -0.39 is 0 Å². The molecule has 0 fully saturated rings. The Labute approximate surface area is 177 Å². The Kier molecular flexibility index (Phi) is 5.69. The van der Waals surface area contributed by atoms with Gasteiger partial charge in [0.25, 0.3) is 0 Å². The van der Waals surface area contributed by atoms with Gasteiger partial charge in [0, 0.05) is 11.3 Å². The molecular weight excluding hydrogens is 372 g/mol. The quantitative estimate of drug-likeness (QED) is 0.424. The second-order valence-corrected chi connectivity index (χ2v) is 8.27. The van der Waals surface area contributed by atoms with E-state index in [1.54, 1.807) is 0 Å². The highest BCUT2D eigenvalue weighted by atomic mass is 16.5. The van der Waals surface area contributed by atoms with E-state index in [0.29, 0.717) is 24.6 Å². The number of para-hydroxylation sites is 4. The van der Waals surface area contributed by atoms with Crippen molar-refractivity contribution in [2.75, 3.05) is 13.2 Å². The molecule has 0 amide bonds. The molecule has 1 aliphatic rings. The maximum atomic E-state index is 6.20. The minimum absolute atomic E-state index is 0.162. The van der Waals surface area contributed by atoms with Gasteiger partial charge >= 0.3 is 0 Å². The monoisotopic (exact) mass is 398 g/mol. The Hall–Kier alpha value is -3.36. The van der Waals surface area contributed by atoms with Crippen LogP contribution in [0.1, 0.15) is 37.8 Å². The first-order valence-corrected chi connectivity index (χ1v) is 10.2. The maximum Gasteiger partial charge on any atom is 0.145 e. The smallest absolute Gasteiger partial charge is 0.145 e. The summed E-state index contributed by atoms with van der Waals surface area (Å²) < 4.78 is 12.3. The molecule has 0 N–H and O–H groups in total. The number of ether oxygens (including phenoxy) is 2. The fraction of sp³-hybridized carbons (Fsp3) is 0.269. The average molecular weight is 399 g/mol. The lowest BCUT2D eigenvalue weighted by Crippen LogP contribution is -2.26. The molecule has 3 aromatic carbocycles. The minimum Gasteiger partial charge on any atom is -0.491 e. The van der Waals surface area contributed by atoms with Gasteiger partial charge in [-0.2, -0.15) is 9.98 Å². The van der Waals surface area contributed by atoms with Crippen LogP contribution in [0.3, 0.4) is 0 Å². The van der Waals surface area contributed by atoms with Crippen molar-refractivity contribution in [3.05, 3.63) is 83.9 Å². The minimum atomic E-state index is -0.162. The highest BCUT2D eigenvalue weighted by Gasteiger charge is 2.23. The van der Waals surface area contributed by atoms with Crippen LogP contribution in [-0.2, 0) is 5.41 Å². The van der Waals surface area contributed by atoms with E-state index in [-0.39, 0.29) is 11.3 Å². The Morgan fingerprint density at radius 1 is 0.833 bits per heavy atom. The van der Waals surface area contributed by atoms with E-state index >= 15 is 0 Å². The largest absolute Gasteiger partial charge is 0.491 e. The van der Waals surface area contributed by atoms with Gasteiger partial charge in [0.05, 0.1) is 13.2 Å². The molecule has 0 radical (unpaired) electrons. The molecule has 3 aromatic rings. The van der Waals surface area contributed by atoms with Gasteiger partial charge in [-0.05, 0) is 35.4 Å². The average Bonchev–Trinajstić information content (AvgIpc) is 2.77. The van der Waals surface area contributed by atoms with Gasteiger partial charge in [-0.15, -0.1) is 0 Å². The second-order valence-electron chi connectivity index (χ2n) is 8.27. The predicted molar refractivity (Wildman–Crippen MR) is 121 cm³/mol. The molecule has 1 aliphatic heterocycles. The molecule has 2 bridgehead atoms. The summed E-state index contributed by atoms with van der Waals surface area (Å²) in [6, 6.07) is 26.9. The first-order valence-electron chi connectivity index (χ1n) is 10.2. The van der Waals surface area contributed by atoms with Crippen molar-refractivity contribution in [2.45, 2.75) is 32.1 Å². The summed E-state index contributed by atoms with van der Waals surface area (Å²) >= 11 is 0. The highest BCUT2D eigenvalue weighted by Crippen LogP contribution is 2.33. The number of aliphatic imine (C=N–C) groups is 2. The van der Waals surface area contributed by atoms with Crippen molar-refractivity contribution in [1.82, 2.24) is 0 Å². The van der Waals surface area contributed by atoms with Crippen LogP contribution in [-0.4, -0.2) is 19.2 Å². The SMILES string of the molecule is CC1COc2ccccc2N=C=Nc2ccccc2OCC(C)(C)c2cccc1c2. The molecule has 4 rings (SSSR count). The van der Waals surface area contributed by atoms with Crippen molar-refractivity contribution in [3.8, 4) is 11.5 Å². The number of fused-ring (bicyclic) bond motifs is 4. The van der Waals surface area contributed by atoms with Crippen LogP contribution in [0.2, 0.25) is 0 Å². The van der Waals surface area contributed by atoms with E-state index in [1.807, 2.05) is 48.5 Å². The first kappa shape index (κ1) is 19.9. The van der Waals surface area contributed by atoms with Gasteiger partial charge < -0.3 is 9.47 Å². The van der Waals surface area contributed by atoms with E-state index in [2.05, 4.69) is 61.0 Å². The molecule has 4 nitrogen and oxygen atoms in total. The number of rotatable bonds is 0. The Morgan fingerprint density at radius 2 is 1.47 bits per heavy atom. The van der Waals surface area contributed by atoms with Gasteiger partial charge in [-0.1, -0.05) is 69.3 Å². The van der Waals surface area contributed by atoms with E-state index in [4.69, 9.17) is 9.47 Å². The third-order valence-electron chi connectivity index (χ3n) is 5.39. The lowest BCUT2D eigenvalue weighted by atomic mass is 9.83. The normalized spacial score (nSPS) is 17.9. The van der Waals surface area contributed by atoms with Crippen LogP contribution < -0.4 is 9.47 Å². The second kappa shape index (κ2) is 8.56. The van der Waals surface area contributed by atoms with Crippen LogP contribution in [0.4, 0.5) is 11.4 Å². The molecule has 0 saturated heterocycles. The van der Waals surface area contributed by atoms with Gasteiger partial charge in [0.15, 0.2) is 0 Å². The first-order chi connectivity index (χ1) is 14.5. The molecule has 0 aliphatic carbocycles. The molecule has 0 aromatic heterocycles. The van der Waals surface area contributed by atoms with Gasteiger partial charge in [-0.25, -0.2) is 0 Å². The van der Waals surface area contributed by atoms with Crippen LogP contribution in [0.15, 0.2) is 82.8 Å². The van der Waals surface area contributed by atoms with Crippen molar-refractivity contribution in [1.29, 1.82) is 0 Å². The molecule has 4 heteroatoms. The molecule has 1 unspecified atom stereocenters. The molecular formula is C26H26N2O2.